The standard InChI is InChI=1S/C16H13ClN2O2/c17-13-4-2-1-3-12(13)16(21)18-11-6-7-14-10(9-11)5-8-15(20)19-14/h1-4,6-7,9H,5,8H2,(H,18,21)(H,19,20). The molecule has 0 bridgehead atoms. The van der Waals surface area contributed by atoms with E-state index in [9.17, 15) is 9.59 Å². The Kier molecular flexibility index (Phi) is 3.62. The maximum Gasteiger partial charge on any atom is 0.257 e. The number of anilines is 2. The molecule has 0 saturated heterocycles. The molecule has 0 spiro atoms. The molecule has 0 aliphatic carbocycles. The fourth-order valence-electron chi connectivity index (χ4n) is 2.30. The van der Waals surface area contributed by atoms with Crippen LogP contribution in [0.3, 0.4) is 0 Å². The molecule has 0 radical (unpaired) electrons. The Hall–Kier alpha value is -2.33. The Morgan fingerprint density at radius 2 is 1.95 bits per heavy atom. The first-order chi connectivity index (χ1) is 10.1. The van der Waals surface area contributed by atoms with Gasteiger partial charge in [-0.05, 0) is 42.3 Å². The summed E-state index contributed by atoms with van der Waals surface area (Å²) < 4.78 is 0. The summed E-state index contributed by atoms with van der Waals surface area (Å²) in [6, 6.07) is 12.3. The molecular formula is C16H13ClN2O2. The van der Waals surface area contributed by atoms with Gasteiger partial charge in [0.25, 0.3) is 5.91 Å². The Labute approximate surface area is 127 Å². The molecule has 106 valence electrons. The third-order valence-electron chi connectivity index (χ3n) is 3.38. The second-order valence-electron chi connectivity index (χ2n) is 4.85. The molecule has 21 heavy (non-hydrogen) atoms. The number of fused-ring (bicyclic) bond motifs is 1. The van der Waals surface area contributed by atoms with Crippen LogP contribution in [0.5, 0.6) is 0 Å². The lowest BCUT2D eigenvalue weighted by Crippen LogP contribution is -2.19. The van der Waals surface area contributed by atoms with E-state index in [0.717, 1.165) is 11.3 Å². The minimum atomic E-state index is -0.250. The molecule has 2 N–H and O–H groups in total. The van der Waals surface area contributed by atoms with Crippen LogP contribution in [-0.4, -0.2) is 11.8 Å². The summed E-state index contributed by atoms with van der Waals surface area (Å²) in [7, 11) is 0. The first-order valence-corrected chi connectivity index (χ1v) is 7.00. The average molecular weight is 301 g/mol. The molecule has 4 nitrogen and oxygen atoms in total. The first-order valence-electron chi connectivity index (χ1n) is 6.62. The summed E-state index contributed by atoms with van der Waals surface area (Å²) >= 11 is 6.01. The molecule has 2 amide bonds. The van der Waals surface area contributed by atoms with Crippen molar-refractivity contribution in [3.63, 3.8) is 0 Å². The second kappa shape index (κ2) is 5.58. The molecule has 5 heteroatoms. The number of nitrogens with one attached hydrogen (secondary N) is 2. The third kappa shape index (κ3) is 2.90. The van der Waals surface area contributed by atoms with E-state index in [0.29, 0.717) is 29.1 Å². The van der Waals surface area contributed by atoms with Crippen LogP contribution < -0.4 is 10.6 Å². The van der Waals surface area contributed by atoms with Gasteiger partial charge in [0.1, 0.15) is 0 Å². The number of hydrogen-bond acceptors (Lipinski definition) is 2. The van der Waals surface area contributed by atoms with Gasteiger partial charge < -0.3 is 10.6 Å². The number of hydrogen-bond donors (Lipinski definition) is 2. The van der Waals surface area contributed by atoms with Crippen LogP contribution in [-0.2, 0) is 11.2 Å². The van der Waals surface area contributed by atoms with Crippen LogP contribution >= 0.6 is 11.6 Å². The van der Waals surface area contributed by atoms with Gasteiger partial charge >= 0.3 is 0 Å². The fourth-order valence-corrected chi connectivity index (χ4v) is 2.53. The maximum atomic E-state index is 12.2. The molecule has 2 aromatic carbocycles. The Morgan fingerprint density at radius 1 is 1.14 bits per heavy atom. The SMILES string of the molecule is O=C1CCc2cc(NC(=O)c3ccccc3Cl)ccc2N1. The van der Waals surface area contributed by atoms with Crippen molar-refractivity contribution in [3.8, 4) is 0 Å². The van der Waals surface area contributed by atoms with Crippen LogP contribution in [0.1, 0.15) is 22.3 Å². The number of carbonyl (C=O) groups is 2. The van der Waals surface area contributed by atoms with E-state index in [2.05, 4.69) is 10.6 Å². The molecule has 0 aromatic heterocycles. The summed E-state index contributed by atoms with van der Waals surface area (Å²) in [5.74, 6) is -0.226. The summed E-state index contributed by atoms with van der Waals surface area (Å²) in [5.41, 5.74) is 2.95. The first kappa shape index (κ1) is 13.6. The smallest absolute Gasteiger partial charge is 0.257 e. The molecule has 1 heterocycles. The molecule has 1 aliphatic rings. The van der Waals surface area contributed by atoms with Gasteiger partial charge in [0.2, 0.25) is 5.91 Å². The average Bonchev–Trinajstić information content (AvgIpc) is 2.48. The molecule has 1 aliphatic heterocycles. The van der Waals surface area contributed by atoms with E-state index < -0.39 is 0 Å². The molecule has 0 unspecified atom stereocenters. The quantitative estimate of drug-likeness (QED) is 0.892. The third-order valence-corrected chi connectivity index (χ3v) is 3.71. The summed E-state index contributed by atoms with van der Waals surface area (Å²) in [4.78, 5) is 23.5. The summed E-state index contributed by atoms with van der Waals surface area (Å²) in [6.45, 7) is 0. The highest BCUT2D eigenvalue weighted by molar-refractivity contribution is 6.34. The predicted octanol–water partition coefficient (Wildman–Crippen LogP) is 3.48. The van der Waals surface area contributed by atoms with Crippen molar-refractivity contribution in [1.29, 1.82) is 0 Å². The minimum Gasteiger partial charge on any atom is -0.326 e. The Morgan fingerprint density at radius 3 is 2.76 bits per heavy atom. The normalized spacial score (nSPS) is 13.3. The van der Waals surface area contributed by atoms with Gasteiger partial charge in [-0.3, -0.25) is 9.59 Å². The van der Waals surface area contributed by atoms with E-state index in [4.69, 9.17) is 11.6 Å². The predicted molar refractivity (Wildman–Crippen MR) is 82.8 cm³/mol. The van der Waals surface area contributed by atoms with Gasteiger partial charge in [-0.2, -0.15) is 0 Å². The summed E-state index contributed by atoms with van der Waals surface area (Å²) in [6.07, 6.45) is 1.14. The molecule has 0 fully saturated rings. The van der Waals surface area contributed by atoms with E-state index >= 15 is 0 Å². The number of halogens is 1. The highest BCUT2D eigenvalue weighted by atomic mass is 35.5. The zero-order valence-electron chi connectivity index (χ0n) is 11.2. The molecule has 0 saturated carbocycles. The maximum absolute atomic E-state index is 12.2. The van der Waals surface area contributed by atoms with Crippen LogP contribution in [0.25, 0.3) is 0 Å². The van der Waals surface area contributed by atoms with Crippen LogP contribution in [0.2, 0.25) is 5.02 Å². The van der Waals surface area contributed by atoms with Gasteiger partial charge in [-0.15, -0.1) is 0 Å². The van der Waals surface area contributed by atoms with Crippen molar-refractivity contribution >= 4 is 34.8 Å². The zero-order chi connectivity index (χ0) is 14.8. The fraction of sp³-hybridized carbons (Fsp3) is 0.125. The summed E-state index contributed by atoms with van der Waals surface area (Å²) in [5, 5.41) is 6.05. The molecule has 3 rings (SSSR count). The largest absolute Gasteiger partial charge is 0.326 e. The van der Waals surface area contributed by atoms with E-state index in [1.54, 1.807) is 36.4 Å². The van der Waals surface area contributed by atoms with E-state index in [1.807, 2.05) is 6.07 Å². The number of carbonyl (C=O) groups excluding carboxylic acids is 2. The van der Waals surface area contributed by atoms with Crippen molar-refractivity contribution in [2.75, 3.05) is 10.6 Å². The van der Waals surface area contributed by atoms with Crippen molar-refractivity contribution in [1.82, 2.24) is 0 Å². The van der Waals surface area contributed by atoms with Gasteiger partial charge in [0.05, 0.1) is 10.6 Å². The lowest BCUT2D eigenvalue weighted by Gasteiger charge is -2.17. The van der Waals surface area contributed by atoms with Gasteiger partial charge in [0, 0.05) is 17.8 Å². The van der Waals surface area contributed by atoms with Crippen LogP contribution in [0.4, 0.5) is 11.4 Å². The van der Waals surface area contributed by atoms with Crippen molar-refractivity contribution < 1.29 is 9.59 Å². The number of aryl methyl sites for hydroxylation is 1. The van der Waals surface area contributed by atoms with Crippen LogP contribution in [0.15, 0.2) is 42.5 Å². The topological polar surface area (TPSA) is 58.2 Å². The van der Waals surface area contributed by atoms with Gasteiger partial charge in [-0.1, -0.05) is 23.7 Å². The lowest BCUT2D eigenvalue weighted by atomic mass is 10.0. The number of benzene rings is 2. The minimum absolute atomic E-state index is 0.0235. The van der Waals surface area contributed by atoms with Crippen molar-refractivity contribution in [2.45, 2.75) is 12.8 Å². The van der Waals surface area contributed by atoms with Crippen LogP contribution in [0, 0.1) is 0 Å². The van der Waals surface area contributed by atoms with Crippen molar-refractivity contribution in [2.24, 2.45) is 0 Å². The molecular weight excluding hydrogens is 288 g/mol. The highest BCUT2D eigenvalue weighted by Crippen LogP contribution is 2.26. The van der Waals surface area contributed by atoms with Gasteiger partial charge in [0.15, 0.2) is 0 Å². The van der Waals surface area contributed by atoms with Gasteiger partial charge in [-0.25, -0.2) is 0 Å². The lowest BCUT2D eigenvalue weighted by molar-refractivity contribution is -0.116. The van der Waals surface area contributed by atoms with Crippen molar-refractivity contribution in [3.05, 3.63) is 58.6 Å². The zero-order valence-corrected chi connectivity index (χ0v) is 11.9. The van der Waals surface area contributed by atoms with E-state index in [-0.39, 0.29) is 11.8 Å². The Bertz CT molecular complexity index is 728. The molecule has 2 aromatic rings. The second-order valence-corrected chi connectivity index (χ2v) is 5.26. The Balaban J connectivity index is 1.81. The number of rotatable bonds is 2. The van der Waals surface area contributed by atoms with E-state index in [1.165, 1.54) is 0 Å². The number of amides is 2. The highest BCUT2D eigenvalue weighted by Gasteiger charge is 2.16. The monoisotopic (exact) mass is 300 g/mol. The molecule has 0 atom stereocenters.